The molecule has 2 rings (SSSR count). The fraction of sp³-hybridized carbons (Fsp3) is 0.571. The van der Waals surface area contributed by atoms with Crippen LogP contribution in [0.25, 0.3) is 0 Å². The van der Waals surface area contributed by atoms with Crippen LogP contribution in [0.4, 0.5) is 5.69 Å². The van der Waals surface area contributed by atoms with Crippen LogP contribution in [0, 0.1) is 5.92 Å². The van der Waals surface area contributed by atoms with Gasteiger partial charge in [-0.1, -0.05) is 19.1 Å². The molecule has 1 unspecified atom stereocenters. The molecule has 1 saturated heterocycles. The first-order valence-corrected chi connectivity index (χ1v) is 8.41. The largest absolute Gasteiger partial charge is 0.396 e. The number of aliphatic hydroxyl groups excluding tert-OH is 1. The van der Waals surface area contributed by atoms with Gasteiger partial charge in [0.05, 0.1) is 16.3 Å². The summed E-state index contributed by atoms with van der Waals surface area (Å²) in [6, 6.07) is 7.22. The van der Waals surface area contributed by atoms with Gasteiger partial charge in [0, 0.05) is 19.7 Å². The summed E-state index contributed by atoms with van der Waals surface area (Å²) in [7, 11) is -3.19. The lowest BCUT2D eigenvalue weighted by atomic mass is 10.1. The molecule has 0 bridgehead atoms. The lowest BCUT2D eigenvalue weighted by Crippen LogP contribution is -2.22. The van der Waals surface area contributed by atoms with E-state index in [-0.39, 0.29) is 12.4 Å². The number of sulfone groups is 1. The zero-order valence-corrected chi connectivity index (χ0v) is 12.1. The zero-order chi connectivity index (χ0) is 13.9. The van der Waals surface area contributed by atoms with E-state index in [1.165, 1.54) is 0 Å². The van der Waals surface area contributed by atoms with Crippen molar-refractivity contribution < 1.29 is 13.5 Å². The van der Waals surface area contributed by atoms with Gasteiger partial charge in [-0.05, 0) is 30.9 Å². The highest BCUT2D eigenvalue weighted by molar-refractivity contribution is 7.91. The molecule has 106 valence electrons. The van der Waals surface area contributed by atoms with Gasteiger partial charge in [0.2, 0.25) is 0 Å². The lowest BCUT2D eigenvalue weighted by molar-refractivity contribution is 0.263. The molecule has 1 aliphatic rings. The fourth-order valence-electron chi connectivity index (χ4n) is 2.61. The Kier molecular flexibility index (Phi) is 4.47. The van der Waals surface area contributed by atoms with E-state index in [2.05, 4.69) is 4.90 Å². The molecule has 19 heavy (non-hydrogen) atoms. The number of rotatable bonds is 5. The van der Waals surface area contributed by atoms with Crippen LogP contribution in [0.15, 0.2) is 29.2 Å². The highest BCUT2D eigenvalue weighted by atomic mass is 32.2. The first-order valence-electron chi connectivity index (χ1n) is 6.76. The standard InChI is InChI=1S/C14H21NO3S/c1-2-19(17,18)14-6-4-3-5-13(14)15-9-7-12(11-15)8-10-16/h3-6,12,16H,2,7-11H2,1H3. The second-order valence-corrected chi connectivity index (χ2v) is 7.23. The van der Waals surface area contributed by atoms with Gasteiger partial charge in [-0.15, -0.1) is 0 Å². The predicted octanol–water partition coefficient (Wildman–Crippen LogP) is 1.69. The molecule has 5 heteroatoms. The van der Waals surface area contributed by atoms with Crippen molar-refractivity contribution in [3.63, 3.8) is 0 Å². The minimum Gasteiger partial charge on any atom is -0.396 e. The molecule has 1 fully saturated rings. The molecule has 4 nitrogen and oxygen atoms in total. The van der Waals surface area contributed by atoms with E-state index in [1.807, 2.05) is 12.1 Å². The highest BCUT2D eigenvalue weighted by Crippen LogP contribution is 2.31. The Bertz CT molecular complexity index is 527. The summed E-state index contributed by atoms with van der Waals surface area (Å²) in [5, 5.41) is 8.99. The molecule has 0 spiro atoms. The zero-order valence-electron chi connectivity index (χ0n) is 11.2. The van der Waals surface area contributed by atoms with Gasteiger partial charge in [0.15, 0.2) is 9.84 Å². The van der Waals surface area contributed by atoms with E-state index in [0.29, 0.717) is 10.8 Å². The van der Waals surface area contributed by atoms with Gasteiger partial charge in [-0.2, -0.15) is 0 Å². The van der Waals surface area contributed by atoms with E-state index >= 15 is 0 Å². The Labute approximate surface area is 115 Å². The van der Waals surface area contributed by atoms with Crippen LogP contribution in [0.1, 0.15) is 19.8 Å². The Morgan fingerprint density at radius 2 is 2.11 bits per heavy atom. The molecule has 1 atom stereocenters. The van der Waals surface area contributed by atoms with Gasteiger partial charge in [-0.25, -0.2) is 8.42 Å². The van der Waals surface area contributed by atoms with Crippen molar-refractivity contribution in [2.24, 2.45) is 5.92 Å². The molecule has 1 aromatic carbocycles. The maximum Gasteiger partial charge on any atom is 0.180 e. The summed E-state index contributed by atoms with van der Waals surface area (Å²) in [6.45, 7) is 3.57. The maximum atomic E-state index is 12.1. The van der Waals surface area contributed by atoms with Crippen LogP contribution in [-0.2, 0) is 9.84 Å². The van der Waals surface area contributed by atoms with Gasteiger partial charge in [0.1, 0.15) is 0 Å². The monoisotopic (exact) mass is 283 g/mol. The van der Waals surface area contributed by atoms with E-state index < -0.39 is 9.84 Å². The summed E-state index contributed by atoms with van der Waals surface area (Å²) < 4.78 is 24.2. The van der Waals surface area contributed by atoms with Crippen molar-refractivity contribution in [3.05, 3.63) is 24.3 Å². The van der Waals surface area contributed by atoms with Gasteiger partial charge < -0.3 is 10.0 Å². The summed E-state index contributed by atoms with van der Waals surface area (Å²) in [6.07, 6.45) is 1.81. The lowest BCUT2D eigenvalue weighted by Gasteiger charge is -2.21. The number of hydrogen-bond donors (Lipinski definition) is 1. The third-order valence-electron chi connectivity index (χ3n) is 3.74. The Hall–Kier alpha value is -1.07. The summed E-state index contributed by atoms with van der Waals surface area (Å²) in [5.74, 6) is 0.583. The third kappa shape index (κ3) is 3.09. The fourth-order valence-corrected chi connectivity index (χ4v) is 3.72. The molecular formula is C14H21NO3S. The minimum absolute atomic E-state index is 0.123. The number of nitrogens with zero attached hydrogens (tertiary/aromatic N) is 1. The Balaban J connectivity index is 2.27. The van der Waals surface area contributed by atoms with E-state index in [1.54, 1.807) is 19.1 Å². The summed E-state index contributed by atoms with van der Waals surface area (Å²) >= 11 is 0. The molecule has 0 saturated carbocycles. The topological polar surface area (TPSA) is 57.6 Å². The van der Waals surface area contributed by atoms with Crippen LogP contribution in [0.5, 0.6) is 0 Å². The van der Waals surface area contributed by atoms with E-state index in [4.69, 9.17) is 5.11 Å². The maximum absolute atomic E-state index is 12.1. The molecule has 1 heterocycles. The normalized spacial score (nSPS) is 19.9. The number of hydrogen-bond acceptors (Lipinski definition) is 4. The second-order valence-electron chi connectivity index (χ2n) is 4.98. The van der Waals surface area contributed by atoms with Crippen LogP contribution < -0.4 is 4.90 Å². The first kappa shape index (κ1) is 14.3. The van der Waals surface area contributed by atoms with Crippen molar-refractivity contribution in [1.29, 1.82) is 0 Å². The smallest absolute Gasteiger partial charge is 0.180 e. The van der Waals surface area contributed by atoms with Crippen LogP contribution >= 0.6 is 0 Å². The second kappa shape index (κ2) is 5.92. The van der Waals surface area contributed by atoms with E-state index in [9.17, 15) is 8.42 Å². The molecule has 0 aromatic heterocycles. The molecule has 0 radical (unpaired) electrons. The van der Waals surface area contributed by atoms with Crippen molar-refractivity contribution >= 4 is 15.5 Å². The number of aliphatic hydroxyl groups is 1. The van der Waals surface area contributed by atoms with Gasteiger partial charge in [-0.3, -0.25) is 0 Å². The molecule has 1 aliphatic heterocycles. The highest BCUT2D eigenvalue weighted by Gasteiger charge is 2.26. The molecule has 1 aromatic rings. The number of benzene rings is 1. The molecule has 1 N–H and O–H groups in total. The predicted molar refractivity (Wildman–Crippen MR) is 76.2 cm³/mol. The van der Waals surface area contributed by atoms with E-state index in [0.717, 1.165) is 31.6 Å². The first-order chi connectivity index (χ1) is 9.08. The quantitative estimate of drug-likeness (QED) is 0.893. The SMILES string of the molecule is CCS(=O)(=O)c1ccccc1N1CCC(CCO)C1. The van der Waals surface area contributed by atoms with Crippen LogP contribution in [0.3, 0.4) is 0 Å². The van der Waals surface area contributed by atoms with Crippen LogP contribution in [0.2, 0.25) is 0 Å². The summed E-state index contributed by atoms with van der Waals surface area (Å²) in [5.41, 5.74) is 0.810. The average Bonchev–Trinajstić information content (AvgIpc) is 2.88. The molecule has 0 aliphatic carbocycles. The third-order valence-corrected chi connectivity index (χ3v) is 5.52. The number of para-hydroxylation sites is 1. The van der Waals surface area contributed by atoms with Crippen LogP contribution in [-0.4, -0.2) is 39.0 Å². The van der Waals surface area contributed by atoms with Crippen molar-refractivity contribution in [3.8, 4) is 0 Å². The molecular weight excluding hydrogens is 262 g/mol. The Morgan fingerprint density at radius 1 is 1.37 bits per heavy atom. The van der Waals surface area contributed by atoms with Crippen molar-refractivity contribution in [2.75, 3.05) is 30.3 Å². The molecule has 0 amide bonds. The average molecular weight is 283 g/mol. The van der Waals surface area contributed by atoms with Crippen molar-refractivity contribution in [2.45, 2.75) is 24.7 Å². The minimum atomic E-state index is -3.19. The number of anilines is 1. The summed E-state index contributed by atoms with van der Waals surface area (Å²) in [4.78, 5) is 2.56. The van der Waals surface area contributed by atoms with Crippen molar-refractivity contribution in [1.82, 2.24) is 0 Å². The van der Waals surface area contributed by atoms with Gasteiger partial charge in [0.25, 0.3) is 0 Å². The van der Waals surface area contributed by atoms with Gasteiger partial charge >= 0.3 is 0 Å². The Morgan fingerprint density at radius 3 is 2.79 bits per heavy atom.